The molecule has 0 spiro atoms. The third-order valence-electron chi connectivity index (χ3n) is 4.70. The normalized spacial score (nSPS) is 28.3. The van der Waals surface area contributed by atoms with E-state index in [1.165, 1.54) is 32.1 Å². The van der Waals surface area contributed by atoms with Crippen LogP contribution in [0.15, 0.2) is 0 Å². The van der Waals surface area contributed by atoms with Crippen molar-refractivity contribution in [2.24, 2.45) is 11.7 Å². The lowest BCUT2D eigenvalue weighted by Crippen LogP contribution is -2.43. The Hall–Kier alpha value is -0.940. The minimum Gasteiger partial charge on any atom is -0.330 e. The molecule has 5 nitrogen and oxygen atoms in total. The van der Waals surface area contributed by atoms with Crippen molar-refractivity contribution in [3.63, 3.8) is 0 Å². The van der Waals surface area contributed by atoms with E-state index in [1.54, 1.807) is 0 Å². The van der Waals surface area contributed by atoms with Gasteiger partial charge in [-0.3, -0.25) is 0 Å². The lowest BCUT2D eigenvalue weighted by Gasteiger charge is -2.33. The molecular weight excluding hydrogens is 238 g/mol. The number of rotatable bonds is 4. The number of hydrogen-bond donors (Lipinski definition) is 2. The maximum absolute atomic E-state index is 5.91. The van der Waals surface area contributed by atoms with Gasteiger partial charge in [0.1, 0.15) is 11.6 Å². The zero-order valence-electron chi connectivity index (χ0n) is 11.8. The molecule has 5 heteroatoms. The van der Waals surface area contributed by atoms with Crippen LogP contribution in [-0.2, 0) is 13.0 Å². The first-order valence-electron chi connectivity index (χ1n) is 7.67. The molecule has 3 N–H and O–H groups in total. The summed E-state index contributed by atoms with van der Waals surface area (Å²) in [6.45, 7) is 4.08. The SMILES string of the molecule is CC(NC1CCCCC1CN)c1nnc2n1CCC2. The van der Waals surface area contributed by atoms with Gasteiger partial charge in [-0.05, 0) is 38.6 Å². The zero-order chi connectivity index (χ0) is 13.2. The molecule has 3 unspecified atom stereocenters. The van der Waals surface area contributed by atoms with E-state index < -0.39 is 0 Å². The highest BCUT2D eigenvalue weighted by Gasteiger charge is 2.28. The molecule has 0 bridgehead atoms. The summed E-state index contributed by atoms with van der Waals surface area (Å²) < 4.78 is 2.29. The van der Waals surface area contributed by atoms with Crippen LogP contribution in [0.25, 0.3) is 0 Å². The van der Waals surface area contributed by atoms with Crippen molar-refractivity contribution in [3.05, 3.63) is 11.6 Å². The predicted molar refractivity (Wildman–Crippen MR) is 74.7 cm³/mol. The summed E-state index contributed by atoms with van der Waals surface area (Å²) >= 11 is 0. The summed E-state index contributed by atoms with van der Waals surface area (Å²) in [6, 6.07) is 0.819. The van der Waals surface area contributed by atoms with E-state index in [1.807, 2.05) is 0 Å². The van der Waals surface area contributed by atoms with Crippen LogP contribution >= 0.6 is 0 Å². The molecule has 1 saturated carbocycles. The number of fused-ring (bicyclic) bond motifs is 1. The highest BCUT2D eigenvalue weighted by molar-refractivity contribution is 5.04. The summed E-state index contributed by atoms with van der Waals surface area (Å²) in [6.07, 6.45) is 7.44. The van der Waals surface area contributed by atoms with Crippen molar-refractivity contribution in [1.82, 2.24) is 20.1 Å². The van der Waals surface area contributed by atoms with Crippen molar-refractivity contribution < 1.29 is 0 Å². The number of nitrogens with zero attached hydrogens (tertiary/aromatic N) is 3. The molecule has 2 aliphatic rings. The quantitative estimate of drug-likeness (QED) is 0.861. The molecule has 2 heterocycles. The molecule has 1 fully saturated rings. The number of nitrogens with one attached hydrogen (secondary N) is 1. The zero-order valence-corrected chi connectivity index (χ0v) is 11.8. The molecule has 106 valence electrons. The number of nitrogens with two attached hydrogens (primary N) is 1. The van der Waals surface area contributed by atoms with E-state index in [0.717, 1.165) is 31.2 Å². The van der Waals surface area contributed by atoms with Crippen LogP contribution in [0.4, 0.5) is 0 Å². The fraction of sp³-hybridized carbons (Fsp3) is 0.857. The van der Waals surface area contributed by atoms with Crippen LogP contribution in [0.3, 0.4) is 0 Å². The molecule has 0 radical (unpaired) electrons. The fourth-order valence-corrected chi connectivity index (χ4v) is 3.60. The molecule has 0 amide bonds. The minimum absolute atomic E-state index is 0.275. The van der Waals surface area contributed by atoms with E-state index in [-0.39, 0.29) is 6.04 Å². The second kappa shape index (κ2) is 5.59. The third kappa shape index (κ3) is 2.54. The van der Waals surface area contributed by atoms with Gasteiger partial charge in [-0.2, -0.15) is 0 Å². The Balaban J connectivity index is 1.68. The fourth-order valence-electron chi connectivity index (χ4n) is 3.60. The highest BCUT2D eigenvalue weighted by atomic mass is 15.3. The molecule has 1 aliphatic carbocycles. The molecule has 19 heavy (non-hydrogen) atoms. The summed E-state index contributed by atoms with van der Waals surface area (Å²) in [7, 11) is 0. The number of aryl methyl sites for hydroxylation is 1. The third-order valence-corrected chi connectivity index (χ3v) is 4.70. The summed E-state index contributed by atoms with van der Waals surface area (Å²) in [4.78, 5) is 0. The van der Waals surface area contributed by atoms with Crippen LogP contribution in [0.1, 0.15) is 56.7 Å². The topological polar surface area (TPSA) is 68.8 Å². The van der Waals surface area contributed by atoms with Crippen molar-refractivity contribution in [3.8, 4) is 0 Å². The second-order valence-corrected chi connectivity index (χ2v) is 6.00. The largest absolute Gasteiger partial charge is 0.330 e. The first-order chi connectivity index (χ1) is 9.29. The second-order valence-electron chi connectivity index (χ2n) is 6.00. The Morgan fingerprint density at radius 1 is 1.32 bits per heavy atom. The van der Waals surface area contributed by atoms with Crippen LogP contribution in [0.5, 0.6) is 0 Å². The minimum atomic E-state index is 0.275. The Morgan fingerprint density at radius 3 is 3.00 bits per heavy atom. The van der Waals surface area contributed by atoms with Gasteiger partial charge in [-0.25, -0.2) is 0 Å². The summed E-state index contributed by atoms with van der Waals surface area (Å²) in [5.74, 6) is 2.88. The van der Waals surface area contributed by atoms with Gasteiger partial charge in [0.25, 0.3) is 0 Å². The van der Waals surface area contributed by atoms with Gasteiger partial charge >= 0.3 is 0 Å². The highest BCUT2D eigenvalue weighted by Crippen LogP contribution is 2.26. The van der Waals surface area contributed by atoms with Gasteiger partial charge in [0.05, 0.1) is 6.04 Å². The van der Waals surface area contributed by atoms with Gasteiger partial charge in [-0.1, -0.05) is 12.8 Å². The first-order valence-corrected chi connectivity index (χ1v) is 7.67. The monoisotopic (exact) mass is 263 g/mol. The lowest BCUT2D eigenvalue weighted by atomic mass is 9.84. The van der Waals surface area contributed by atoms with Gasteiger partial charge in [0, 0.05) is 19.0 Å². The predicted octanol–water partition coefficient (Wildman–Crippen LogP) is 1.39. The van der Waals surface area contributed by atoms with Crippen molar-refractivity contribution in [2.45, 2.75) is 64.1 Å². The Kier molecular flexibility index (Phi) is 3.84. The van der Waals surface area contributed by atoms with Crippen LogP contribution in [0, 0.1) is 5.92 Å². The summed E-state index contributed by atoms with van der Waals surface area (Å²) in [5.41, 5.74) is 5.91. The Morgan fingerprint density at radius 2 is 2.16 bits per heavy atom. The van der Waals surface area contributed by atoms with E-state index >= 15 is 0 Å². The molecular formula is C14H25N5. The molecule has 0 saturated heterocycles. The van der Waals surface area contributed by atoms with Crippen LogP contribution in [-0.4, -0.2) is 27.4 Å². The van der Waals surface area contributed by atoms with Gasteiger partial charge in [0.15, 0.2) is 0 Å². The summed E-state index contributed by atoms with van der Waals surface area (Å²) in [5, 5.41) is 12.4. The molecule has 3 rings (SSSR count). The molecule has 3 atom stereocenters. The molecule has 1 aromatic heterocycles. The molecule has 1 aliphatic heterocycles. The average molecular weight is 263 g/mol. The molecule has 1 aromatic rings. The Labute approximate surface area is 115 Å². The Bertz CT molecular complexity index is 427. The maximum Gasteiger partial charge on any atom is 0.149 e. The van der Waals surface area contributed by atoms with Crippen molar-refractivity contribution in [2.75, 3.05) is 6.54 Å². The van der Waals surface area contributed by atoms with Gasteiger partial charge in [0.2, 0.25) is 0 Å². The first kappa shape index (κ1) is 13.1. The lowest BCUT2D eigenvalue weighted by molar-refractivity contribution is 0.248. The van der Waals surface area contributed by atoms with E-state index in [0.29, 0.717) is 12.0 Å². The van der Waals surface area contributed by atoms with E-state index in [2.05, 4.69) is 27.0 Å². The van der Waals surface area contributed by atoms with Crippen LogP contribution < -0.4 is 11.1 Å². The van der Waals surface area contributed by atoms with Crippen LogP contribution in [0.2, 0.25) is 0 Å². The van der Waals surface area contributed by atoms with E-state index in [9.17, 15) is 0 Å². The van der Waals surface area contributed by atoms with Crippen molar-refractivity contribution in [1.29, 1.82) is 0 Å². The number of aromatic nitrogens is 3. The van der Waals surface area contributed by atoms with Gasteiger partial charge in [-0.15, -0.1) is 10.2 Å². The maximum atomic E-state index is 5.91. The van der Waals surface area contributed by atoms with E-state index in [4.69, 9.17) is 5.73 Å². The standard InChI is InChI=1S/C14H25N5/c1-10(14-18-17-13-7-4-8-19(13)14)16-12-6-3-2-5-11(12)9-15/h10-12,16H,2-9,15H2,1H3. The molecule has 0 aromatic carbocycles. The van der Waals surface area contributed by atoms with Crippen molar-refractivity contribution >= 4 is 0 Å². The van der Waals surface area contributed by atoms with Gasteiger partial charge < -0.3 is 15.6 Å². The smallest absolute Gasteiger partial charge is 0.149 e. The number of hydrogen-bond acceptors (Lipinski definition) is 4. The average Bonchev–Trinajstić information content (AvgIpc) is 3.01.